The molecule has 0 spiro atoms. The second kappa shape index (κ2) is 6.70. The van der Waals surface area contributed by atoms with E-state index in [1.807, 2.05) is 24.0 Å². The van der Waals surface area contributed by atoms with Gasteiger partial charge in [-0.05, 0) is 31.4 Å². The molecule has 1 fully saturated rings. The van der Waals surface area contributed by atoms with Gasteiger partial charge >= 0.3 is 0 Å². The summed E-state index contributed by atoms with van der Waals surface area (Å²) < 4.78 is 1.64. The second-order valence-corrected chi connectivity index (χ2v) is 6.45. The summed E-state index contributed by atoms with van der Waals surface area (Å²) in [6.07, 6.45) is 4.70. The maximum Gasteiger partial charge on any atom is 0.239 e. The quantitative estimate of drug-likeness (QED) is 0.876. The van der Waals surface area contributed by atoms with E-state index in [1.54, 1.807) is 30.2 Å². The first-order valence-corrected chi connectivity index (χ1v) is 8.12. The van der Waals surface area contributed by atoms with Gasteiger partial charge in [0.1, 0.15) is 5.60 Å². The number of nitrogens with zero attached hydrogens (tertiary/aromatic N) is 4. The van der Waals surface area contributed by atoms with Crippen molar-refractivity contribution in [3.05, 3.63) is 41.9 Å². The van der Waals surface area contributed by atoms with Gasteiger partial charge in [-0.25, -0.2) is 0 Å². The van der Waals surface area contributed by atoms with E-state index in [0.29, 0.717) is 44.0 Å². The molecule has 0 radical (unpaired) electrons. The minimum absolute atomic E-state index is 0.0902. The zero-order chi connectivity index (χ0) is 17.2. The van der Waals surface area contributed by atoms with Gasteiger partial charge in [0.15, 0.2) is 5.82 Å². The van der Waals surface area contributed by atoms with Crippen molar-refractivity contribution in [2.75, 3.05) is 25.0 Å². The normalized spacial score (nSPS) is 17.6. The number of aliphatic hydroxyl groups is 1. The van der Waals surface area contributed by atoms with Gasteiger partial charge in [-0.2, -0.15) is 5.10 Å². The molecule has 24 heavy (non-hydrogen) atoms. The van der Waals surface area contributed by atoms with Crippen LogP contribution in [0.25, 0.3) is 0 Å². The minimum Gasteiger partial charge on any atom is -0.383 e. The number of hydrogen-bond acceptors (Lipinski definition) is 5. The Labute approximate surface area is 141 Å². The van der Waals surface area contributed by atoms with Crippen LogP contribution in [0.3, 0.4) is 0 Å². The molecule has 7 heteroatoms. The molecule has 2 aromatic rings. The van der Waals surface area contributed by atoms with E-state index in [4.69, 9.17) is 0 Å². The summed E-state index contributed by atoms with van der Waals surface area (Å²) in [7, 11) is 1.81. The SMILES string of the molecule is Cc1ccc(C2(O)CCN(CC(=O)Nc3ccn(C)n3)CC2)nc1. The number of anilines is 1. The lowest BCUT2D eigenvalue weighted by atomic mass is 9.87. The van der Waals surface area contributed by atoms with Crippen LogP contribution in [0, 0.1) is 6.92 Å². The van der Waals surface area contributed by atoms with Crippen LogP contribution in [-0.4, -0.2) is 50.3 Å². The zero-order valence-electron chi connectivity index (χ0n) is 14.1. The molecular formula is C17H23N5O2. The molecule has 1 saturated heterocycles. The standard InChI is InChI=1S/C17H23N5O2/c1-13-3-4-14(18-11-13)17(24)6-9-22(10-7-17)12-16(23)19-15-5-8-21(2)20-15/h3-5,8,11,24H,6-7,9-10,12H2,1-2H3,(H,19,20,23). The number of pyridine rings is 1. The lowest BCUT2D eigenvalue weighted by Gasteiger charge is -2.37. The highest BCUT2D eigenvalue weighted by molar-refractivity contribution is 5.91. The first-order valence-electron chi connectivity index (χ1n) is 8.12. The fraction of sp³-hybridized carbons (Fsp3) is 0.471. The van der Waals surface area contributed by atoms with E-state index in [-0.39, 0.29) is 5.91 Å². The second-order valence-electron chi connectivity index (χ2n) is 6.45. The molecule has 3 rings (SSSR count). The lowest BCUT2D eigenvalue weighted by Crippen LogP contribution is -2.45. The van der Waals surface area contributed by atoms with Crippen molar-refractivity contribution >= 4 is 11.7 Å². The Kier molecular flexibility index (Phi) is 4.64. The van der Waals surface area contributed by atoms with E-state index in [0.717, 1.165) is 5.56 Å². The third-order valence-electron chi connectivity index (χ3n) is 4.42. The predicted octanol–water partition coefficient (Wildman–Crippen LogP) is 1.05. The number of aryl methyl sites for hydroxylation is 2. The van der Waals surface area contributed by atoms with Gasteiger partial charge in [0.2, 0.25) is 5.91 Å². The van der Waals surface area contributed by atoms with E-state index in [1.165, 1.54) is 0 Å². The van der Waals surface area contributed by atoms with E-state index in [2.05, 4.69) is 15.4 Å². The average molecular weight is 329 g/mol. The first kappa shape index (κ1) is 16.6. The Morgan fingerprint density at radius 1 is 1.33 bits per heavy atom. The summed E-state index contributed by atoms with van der Waals surface area (Å²) >= 11 is 0. The molecule has 0 saturated carbocycles. The van der Waals surface area contributed by atoms with Crippen LogP contribution in [0.5, 0.6) is 0 Å². The van der Waals surface area contributed by atoms with Gasteiger partial charge < -0.3 is 10.4 Å². The number of carbonyl (C=O) groups excluding carboxylic acids is 1. The summed E-state index contributed by atoms with van der Waals surface area (Å²) in [4.78, 5) is 18.5. The number of carbonyl (C=O) groups is 1. The molecule has 0 aromatic carbocycles. The number of rotatable bonds is 4. The van der Waals surface area contributed by atoms with Crippen LogP contribution >= 0.6 is 0 Å². The summed E-state index contributed by atoms with van der Waals surface area (Å²) in [6.45, 7) is 3.58. The molecule has 1 aliphatic heterocycles. The number of hydrogen-bond donors (Lipinski definition) is 2. The van der Waals surface area contributed by atoms with E-state index >= 15 is 0 Å². The smallest absolute Gasteiger partial charge is 0.239 e. The predicted molar refractivity (Wildman–Crippen MR) is 90.4 cm³/mol. The Morgan fingerprint density at radius 3 is 2.67 bits per heavy atom. The maximum atomic E-state index is 12.1. The molecule has 0 aliphatic carbocycles. The maximum absolute atomic E-state index is 12.1. The molecule has 0 bridgehead atoms. The summed E-state index contributed by atoms with van der Waals surface area (Å²) in [5.74, 6) is 0.465. The number of likely N-dealkylation sites (tertiary alicyclic amines) is 1. The monoisotopic (exact) mass is 329 g/mol. The Balaban J connectivity index is 1.53. The van der Waals surface area contributed by atoms with Gasteiger partial charge in [0.25, 0.3) is 0 Å². The molecule has 1 aliphatic rings. The van der Waals surface area contributed by atoms with Crippen LogP contribution in [0.15, 0.2) is 30.6 Å². The topological polar surface area (TPSA) is 83.3 Å². The van der Waals surface area contributed by atoms with Crippen LogP contribution in [0.1, 0.15) is 24.1 Å². The fourth-order valence-electron chi connectivity index (χ4n) is 2.95. The number of amides is 1. The Bertz CT molecular complexity index is 702. The Morgan fingerprint density at radius 2 is 2.08 bits per heavy atom. The van der Waals surface area contributed by atoms with Crippen LogP contribution in [0.2, 0.25) is 0 Å². The Hall–Kier alpha value is -2.25. The van der Waals surface area contributed by atoms with Crippen LogP contribution in [0.4, 0.5) is 5.82 Å². The third kappa shape index (κ3) is 3.80. The molecule has 2 N–H and O–H groups in total. The van der Waals surface area contributed by atoms with Crippen molar-refractivity contribution in [2.45, 2.75) is 25.4 Å². The molecule has 2 aromatic heterocycles. The molecule has 128 valence electrons. The molecular weight excluding hydrogens is 306 g/mol. The zero-order valence-corrected chi connectivity index (χ0v) is 14.1. The van der Waals surface area contributed by atoms with Gasteiger partial charge in [-0.1, -0.05) is 6.07 Å². The third-order valence-corrected chi connectivity index (χ3v) is 4.42. The minimum atomic E-state index is -0.901. The van der Waals surface area contributed by atoms with Crippen molar-refractivity contribution in [1.82, 2.24) is 19.7 Å². The van der Waals surface area contributed by atoms with Crippen LogP contribution < -0.4 is 5.32 Å². The summed E-state index contributed by atoms with van der Waals surface area (Å²) in [6, 6.07) is 5.61. The van der Waals surface area contributed by atoms with Crippen molar-refractivity contribution in [2.24, 2.45) is 7.05 Å². The lowest BCUT2D eigenvalue weighted by molar-refractivity contribution is -0.118. The molecule has 3 heterocycles. The highest BCUT2D eigenvalue weighted by Gasteiger charge is 2.35. The van der Waals surface area contributed by atoms with E-state index < -0.39 is 5.60 Å². The molecule has 7 nitrogen and oxygen atoms in total. The fourth-order valence-corrected chi connectivity index (χ4v) is 2.95. The van der Waals surface area contributed by atoms with E-state index in [9.17, 15) is 9.90 Å². The largest absolute Gasteiger partial charge is 0.383 e. The molecule has 0 atom stereocenters. The van der Waals surface area contributed by atoms with Gasteiger partial charge in [-0.3, -0.25) is 19.4 Å². The van der Waals surface area contributed by atoms with Crippen LogP contribution in [-0.2, 0) is 17.4 Å². The molecule has 1 amide bonds. The highest BCUT2D eigenvalue weighted by Crippen LogP contribution is 2.31. The summed E-state index contributed by atoms with van der Waals surface area (Å²) in [5.41, 5.74) is 0.887. The van der Waals surface area contributed by atoms with Gasteiger partial charge in [-0.15, -0.1) is 0 Å². The van der Waals surface area contributed by atoms with Crippen molar-refractivity contribution in [3.8, 4) is 0 Å². The van der Waals surface area contributed by atoms with Crippen molar-refractivity contribution in [3.63, 3.8) is 0 Å². The van der Waals surface area contributed by atoms with Crippen molar-refractivity contribution in [1.29, 1.82) is 0 Å². The highest BCUT2D eigenvalue weighted by atomic mass is 16.3. The number of piperidine rings is 1. The number of nitrogens with one attached hydrogen (secondary N) is 1. The van der Waals surface area contributed by atoms with Crippen molar-refractivity contribution < 1.29 is 9.90 Å². The number of aromatic nitrogens is 3. The molecule has 0 unspecified atom stereocenters. The van der Waals surface area contributed by atoms with Gasteiger partial charge in [0, 0.05) is 38.6 Å². The van der Waals surface area contributed by atoms with Gasteiger partial charge in [0.05, 0.1) is 12.2 Å². The summed E-state index contributed by atoms with van der Waals surface area (Å²) in [5, 5.41) is 17.7. The first-order chi connectivity index (χ1) is 11.4. The average Bonchev–Trinajstić information content (AvgIpc) is 2.95.